The first-order valence-corrected chi connectivity index (χ1v) is 10.6. The fourth-order valence-corrected chi connectivity index (χ4v) is 4.91. The van der Waals surface area contributed by atoms with E-state index >= 15 is 0 Å². The number of piperazine rings is 1. The van der Waals surface area contributed by atoms with Gasteiger partial charge in [0.1, 0.15) is 5.82 Å². The smallest absolute Gasteiger partial charge is 0.243 e. The Kier molecular flexibility index (Phi) is 5.94. The van der Waals surface area contributed by atoms with E-state index in [1.54, 1.807) is 0 Å². The molecule has 144 valence electrons. The Balaban J connectivity index is 1.53. The number of amides is 1. The molecule has 0 spiro atoms. The molecule has 3 rings (SSSR count). The summed E-state index contributed by atoms with van der Waals surface area (Å²) in [6.45, 7) is 5.80. The van der Waals surface area contributed by atoms with Gasteiger partial charge in [-0.05, 0) is 37.0 Å². The largest absolute Gasteiger partial charge is 0.342 e. The maximum atomic E-state index is 13.3. The number of piperidine rings is 1. The van der Waals surface area contributed by atoms with Gasteiger partial charge in [0.15, 0.2) is 0 Å². The minimum absolute atomic E-state index is 0.0236. The van der Waals surface area contributed by atoms with Crippen LogP contribution < -0.4 is 0 Å². The normalized spacial score (nSPS) is 21.1. The van der Waals surface area contributed by atoms with Crippen molar-refractivity contribution >= 4 is 15.9 Å². The second-order valence-corrected chi connectivity index (χ2v) is 9.14. The quantitative estimate of drug-likeness (QED) is 0.788. The number of halogens is 1. The topological polar surface area (TPSA) is 60.9 Å². The van der Waals surface area contributed by atoms with E-state index in [-0.39, 0.29) is 10.8 Å². The van der Waals surface area contributed by atoms with Crippen LogP contribution >= 0.6 is 0 Å². The van der Waals surface area contributed by atoms with Crippen LogP contribution in [0, 0.1) is 11.7 Å². The highest BCUT2D eigenvalue weighted by Gasteiger charge is 2.30. The number of hydrogen-bond acceptors (Lipinski definition) is 4. The van der Waals surface area contributed by atoms with Crippen LogP contribution in [0.1, 0.15) is 19.8 Å². The summed E-state index contributed by atoms with van der Waals surface area (Å²) < 4.78 is 39.9. The van der Waals surface area contributed by atoms with Gasteiger partial charge in [0, 0.05) is 39.3 Å². The molecule has 1 amide bonds. The Bertz CT molecular complexity index is 740. The van der Waals surface area contributed by atoms with Gasteiger partial charge in [0.25, 0.3) is 0 Å². The molecule has 2 aliphatic rings. The number of carbonyl (C=O) groups excluding carboxylic acids is 1. The van der Waals surface area contributed by atoms with E-state index in [0.717, 1.165) is 32.0 Å². The van der Waals surface area contributed by atoms with Gasteiger partial charge in [0.2, 0.25) is 15.9 Å². The molecule has 0 unspecified atom stereocenters. The lowest BCUT2D eigenvalue weighted by Crippen LogP contribution is -2.52. The standard InChI is InChI=1S/C18H26FN3O3S/c1-15-5-7-21(8-6-15)18(23)14-20-9-11-22(12-10-20)26(24,25)17-4-2-3-16(19)13-17/h2-4,13,15H,5-12,14H2,1H3. The maximum Gasteiger partial charge on any atom is 0.243 e. The van der Waals surface area contributed by atoms with Crippen molar-refractivity contribution in [2.45, 2.75) is 24.7 Å². The van der Waals surface area contributed by atoms with Gasteiger partial charge >= 0.3 is 0 Å². The van der Waals surface area contributed by atoms with Crippen molar-refractivity contribution in [3.63, 3.8) is 0 Å². The lowest BCUT2D eigenvalue weighted by molar-refractivity contribution is -0.134. The zero-order valence-corrected chi connectivity index (χ0v) is 15.9. The molecule has 0 bridgehead atoms. The Morgan fingerprint density at radius 3 is 2.38 bits per heavy atom. The number of benzene rings is 1. The summed E-state index contributed by atoms with van der Waals surface area (Å²) in [7, 11) is -3.69. The van der Waals surface area contributed by atoms with E-state index in [1.807, 2.05) is 9.80 Å². The van der Waals surface area contributed by atoms with Crippen LogP contribution in [0.2, 0.25) is 0 Å². The predicted octanol–water partition coefficient (Wildman–Crippen LogP) is 1.39. The third-order valence-electron chi connectivity index (χ3n) is 5.26. The van der Waals surface area contributed by atoms with Crippen LogP contribution in [-0.2, 0) is 14.8 Å². The third kappa shape index (κ3) is 4.42. The van der Waals surface area contributed by atoms with Crippen molar-refractivity contribution in [1.82, 2.24) is 14.1 Å². The highest BCUT2D eigenvalue weighted by atomic mass is 32.2. The maximum absolute atomic E-state index is 13.3. The Morgan fingerprint density at radius 2 is 1.77 bits per heavy atom. The zero-order chi connectivity index (χ0) is 18.7. The fourth-order valence-electron chi connectivity index (χ4n) is 3.45. The van der Waals surface area contributed by atoms with Crippen molar-refractivity contribution in [2.24, 2.45) is 5.92 Å². The Hall–Kier alpha value is -1.51. The predicted molar refractivity (Wildman–Crippen MR) is 96.6 cm³/mol. The first kappa shape index (κ1) is 19.3. The number of rotatable bonds is 4. The molecular formula is C18H26FN3O3S. The van der Waals surface area contributed by atoms with Gasteiger partial charge < -0.3 is 4.90 Å². The first-order chi connectivity index (χ1) is 12.4. The summed E-state index contributed by atoms with van der Waals surface area (Å²) in [4.78, 5) is 16.3. The van der Waals surface area contributed by atoms with Gasteiger partial charge in [0.05, 0.1) is 11.4 Å². The summed E-state index contributed by atoms with van der Waals surface area (Å²) >= 11 is 0. The molecule has 6 nitrogen and oxygen atoms in total. The second kappa shape index (κ2) is 8.02. The number of nitrogens with zero attached hydrogens (tertiary/aromatic N) is 3. The van der Waals surface area contributed by atoms with Crippen LogP contribution in [0.25, 0.3) is 0 Å². The highest BCUT2D eigenvalue weighted by molar-refractivity contribution is 7.89. The molecule has 2 heterocycles. The van der Waals surface area contributed by atoms with Crippen molar-refractivity contribution in [1.29, 1.82) is 0 Å². The van der Waals surface area contributed by atoms with Gasteiger partial charge in [-0.2, -0.15) is 4.31 Å². The molecule has 0 atom stereocenters. The molecule has 0 N–H and O–H groups in total. The summed E-state index contributed by atoms with van der Waals surface area (Å²) in [5, 5.41) is 0. The van der Waals surface area contributed by atoms with E-state index in [0.29, 0.717) is 38.6 Å². The number of carbonyl (C=O) groups is 1. The molecule has 2 fully saturated rings. The van der Waals surface area contributed by atoms with Gasteiger partial charge in [-0.25, -0.2) is 12.8 Å². The summed E-state index contributed by atoms with van der Waals surface area (Å²) in [5.74, 6) is 0.236. The molecule has 8 heteroatoms. The van der Waals surface area contributed by atoms with Crippen molar-refractivity contribution < 1.29 is 17.6 Å². The second-order valence-electron chi connectivity index (χ2n) is 7.20. The molecule has 0 saturated carbocycles. The molecule has 26 heavy (non-hydrogen) atoms. The summed E-state index contributed by atoms with van der Waals surface area (Å²) in [6.07, 6.45) is 2.09. The van der Waals surface area contributed by atoms with E-state index in [9.17, 15) is 17.6 Å². The van der Waals surface area contributed by atoms with Crippen LogP contribution in [0.15, 0.2) is 29.2 Å². The average Bonchev–Trinajstić information content (AvgIpc) is 2.62. The summed E-state index contributed by atoms with van der Waals surface area (Å²) in [6, 6.07) is 5.08. The highest BCUT2D eigenvalue weighted by Crippen LogP contribution is 2.19. The zero-order valence-electron chi connectivity index (χ0n) is 15.1. The lowest BCUT2D eigenvalue weighted by Gasteiger charge is -2.36. The first-order valence-electron chi connectivity index (χ1n) is 9.12. The monoisotopic (exact) mass is 383 g/mol. The molecule has 1 aromatic rings. The van der Waals surface area contributed by atoms with Crippen LogP contribution in [0.5, 0.6) is 0 Å². The molecule has 1 aromatic carbocycles. The van der Waals surface area contributed by atoms with Crippen LogP contribution in [0.3, 0.4) is 0 Å². The van der Waals surface area contributed by atoms with Crippen LogP contribution in [-0.4, -0.2) is 74.2 Å². The number of hydrogen-bond donors (Lipinski definition) is 0. The molecule has 0 aliphatic carbocycles. The van der Waals surface area contributed by atoms with E-state index in [4.69, 9.17) is 0 Å². The molecule has 0 radical (unpaired) electrons. The van der Waals surface area contributed by atoms with Crippen molar-refractivity contribution in [3.8, 4) is 0 Å². The fraction of sp³-hybridized carbons (Fsp3) is 0.611. The van der Waals surface area contributed by atoms with Crippen molar-refractivity contribution in [2.75, 3.05) is 45.8 Å². The summed E-state index contributed by atoms with van der Waals surface area (Å²) in [5.41, 5.74) is 0. The Labute approximate surface area is 154 Å². The van der Waals surface area contributed by atoms with E-state index < -0.39 is 15.8 Å². The van der Waals surface area contributed by atoms with E-state index in [2.05, 4.69) is 6.92 Å². The third-order valence-corrected chi connectivity index (χ3v) is 7.15. The van der Waals surface area contributed by atoms with Crippen LogP contribution in [0.4, 0.5) is 4.39 Å². The Morgan fingerprint density at radius 1 is 1.12 bits per heavy atom. The van der Waals surface area contributed by atoms with Crippen molar-refractivity contribution in [3.05, 3.63) is 30.1 Å². The SMILES string of the molecule is CC1CCN(C(=O)CN2CCN(S(=O)(=O)c3cccc(F)c3)CC2)CC1. The average molecular weight is 383 g/mol. The van der Waals surface area contributed by atoms with Gasteiger partial charge in [-0.1, -0.05) is 13.0 Å². The number of sulfonamides is 1. The van der Waals surface area contributed by atoms with E-state index in [1.165, 1.54) is 22.5 Å². The minimum atomic E-state index is -3.69. The molecule has 2 saturated heterocycles. The van der Waals surface area contributed by atoms with Gasteiger partial charge in [-0.15, -0.1) is 0 Å². The van der Waals surface area contributed by atoms with Gasteiger partial charge in [-0.3, -0.25) is 9.69 Å². The molecule has 2 aliphatic heterocycles. The lowest BCUT2D eigenvalue weighted by atomic mass is 9.99. The molecule has 0 aromatic heterocycles. The number of likely N-dealkylation sites (tertiary alicyclic amines) is 1. The molecular weight excluding hydrogens is 357 g/mol. The minimum Gasteiger partial charge on any atom is -0.342 e.